The minimum Gasteiger partial charge on any atom is -0.387 e. The number of anilines is 1. The fourth-order valence-corrected chi connectivity index (χ4v) is 5.85. The van der Waals surface area contributed by atoms with E-state index in [1.54, 1.807) is 0 Å². The van der Waals surface area contributed by atoms with Crippen LogP contribution in [0.5, 0.6) is 0 Å². The molecule has 1 fully saturated rings. The zero-order valence-electron chi connectivity index (χ0n) is 15.1. The Bertz CT molecular complexity index is 1050. The van der Waals surface area contributed by atoms with E-state index in [0.29, 0.717) is 0 Å². The Morgan fingerprint density at radius 2 is 1.90 bits per heavy atom. The molecule has 0 bridgehead atoms. The van der Waals surface area contributed by atoms with Crippen molar-refractivity contribution in [3.8, 4) is 0 Å². The van der Waals surface area contributed by atoms with Gasteiger partial charge in [0.1, 0.15) is 36.8 Å². The number of imidazole rings is 1. The third-order valence-electron chi connectivity index (χ3n) is 3.85. The fourth-order valence-electron chi connectivity index (χ4n) is 2.65. The largest absolute Gasteiger partial charge is 0.518 e. The molecule has 1 aliphatic rings. The van der Waals surface area contributed by atoms with Gasteiger partial charge in [0, 0.05) is 0 Å². The number of phosphoric acid groups is 2. The van der Waals surface area contributed by atoms with E-state index in [0.717, 1.165) is 6.33 Å². The number of rotatable bonds is 8. The molecule has 1 saturated heterocycles. The average molecular weight is 502 g/mol. The van der Waals surface area contributed by atoms with Crippen molar-refractivity contribution in [2.75, 3.05) is 12.3 Å². The highest BCUT2D eigenvalue weighted by atomic mass is 31.3. The first kappa shape index (κ1) is 24.5. The van der Waals surface area contributed by atoms with E-state index in [1.165, 1.54) is 10.9 Å². The summed E-state index contributed by atoms with van der Waals surface area (Å²) in [5.41, 5.74) is 6.09. The summed E-state index contributed by atoms with van der Waals surface area (Å²) in [5.74, 6) is 0.0674. The van der Waals surface area contributed by atoms with Gasteiger partial charge in [-0.05, 0) is 0 Å². The van der Waals surface area contributed by atoms with Crippen LogP contribution in [-0.4, -0.2) is 81.8 Å². The molecule has 2 aromatic rings. The first-order valence-corrected chi connectivity index (χ1v) is 12.7. The van der Waals surface area contributed by atoms with Crippen molar-refractivity contribution in [1.29, 1.82) is 0 Å². The highest BCUT2D eigenvalue weighted by Gasteiger charge is 2.50. The molecule has 0 amide bonds. The van der Waals surface area contributed by atoms with E-state index in [9.17, 15) is 29.1 Å². The SMILES string of the molecule is [B][P+](O)(OC[C@H]1OC(n2cnc3c(N)ncnc32)[C@H](O)[C@@H]1O)OP(=O)(O)OP(=O)(O)O. The van der Waals surface area contributed by atoms with Crippen molar-refractivity contribution in [2.24, 2.45) is 0 Å². The second-order valence-electron chi connectivity index (χ2n) is 6.11. The van der Waals surface area contributed by atoms with Gasteiger partial charge in [-0.3, -0.25) is 9.46 Å². The molecule has 1 aliphatic heterocycles. The summed E-state index contributed by atoms with van der Waals surface area (Å²) in [7, 11) is -10.4. The van der Waals surface area contributed by atoms with Crippen LogP contribution < -0.4 is 5.73 Å². The number of hydrogen-bond acceptors (Lipinski definition) is 13. The number of hydrogen-bond donors (Lipinski definition) is 7. The summed E-state index contributed by atoms with van der Waals surface area (Å²) < 4.78 is 41.2. The van der Waals surface area contributed by atoms with Crippen LogP contribution in [0.3, 0.4) is 0 Å². The molecule has 0 aromatic carbocycles. The molecular formula is C10H16BN5O12P3+. The maximum atomic E-state index is 11.5. The standard InChI is InChI=1S/C10H16BN5O12P3/c11-29(19,27-31(23,24)28-30(20,21)22)25-1-4-6(17)7(18)10(26-4)16-3-15-5-8(12)13-2-14-9(5)16/h2-4,6-7,10,17-19H,1H2,(H,23,24)(H2,12,13,14)(H2,20,21,22)/q+1/t4-,6-,7-,10?,29?/m1/s1. The molecule has 3 heterocycles. The van der Waals surface area contributed by atoms with Gasteiger partial charge in [-0.25, -0.2) is 29.0 Å². The number of nitrogens with zero attached hydrogens (tertiary/aromatic N) is 4. The zero-order valence-corrected chi connectivity index (χ0v) is 17.8. The monoisotopic (exact) mass is 502 g/mol. The Kier molecular flexibility index (Phi) is 6.88. The Morgan fingerprint density at radius 1 is 1.23 bits per heavy atom. The number of aromatic nitrogens is 4. The van der Waals surface area contributed by atoms with E-state index >= 15 is 0 Å². The average Bonchev–Trinajstić information content (AvgIpc) is 3.13. The van der Waals surface area contributed by atoms with Crippen LogP contribution in [-0.2, 0) is 27.0 Å². The molecular weight excluding hydrogens is 486 g/mol. The number of aliphatic hydroxyl groups excluding tert-OH is 2. The van der Waals surface area contributed by atoms with Crippen molar-refractivity contribution in [3.63, 3.8) is 0 Å². The van der Waals surface area contributed by atoms with E-state index in [2.05, 4.69) is 23.6 Å². The predicted molar refractivity (Wildman–Crippen MR) is 101 cm³/mol. The van der Waals surface area contributed by atoms with E-state index in [4.69, 9.17) is 32.3 Å². The first-order valence-electron chi connectivity index (χ1n) is 8.00. The van der Waals surface area contributed by atoms with E-state index in [-0.39, 0.29) is 17.0 Å². The molecule has 17 nitrogen and oxygen atoms in total. The van der Waals surface area contributed by atoms with Crippen LogP contribution in [0, 0.1) is 0 Å². The molecule has 0 saturated carbocycles. The van der Waals surface area contributed by atoms with E-state index < -0.39 is 54.6 Å². The van der Waals surface area contributed by atoms with Gasteiger partial charge >= 0.3 is 31.0 Å². The van der Waals surface area contributed by atoms with Crippen molar-refractivity contribution in [2.45, 2.75) is 24.5 Å². The summed E-state index contributed by atoms with van der Waals surface area (Å²) in [4.78, 5) is 47.9. The van der Waals surface area contributed by atoms with Crippen molar-refractivity contribution >= 4 is 48.0 Å². The lowest BCUT2D eigenvalue weighted by Crippen LogP contribution is -2.33. The molecule has 8 N–H and O–H groups in total. The van der Waals surface area contributed by atoms with Gasteiger partial charge in [-0.1, -0.05) is 4.31 Å². The Balaban J connectivity index is 1.68. The molecule has 31 heavy (non-hydrogen) atoms. The van der Waals surface area contributed by atoms with Gasteiger partial charge in [-0.15, -0.1) is 0 Å². The Labute approximate surface area is 174 Å². The summed E-state index contributed by atoms with van der Waals surface area (Å²) in [5, 5.41) is 20.5. The van der Waals surface area contributed by atoms with Crippen molar-refractivity contribution in [1.82, 2.24) is 19.5 Å². The van der Waals surface area contributed by atoms with Crippen LogP contribution in [0.2, 0.25) is 0 Å². The molecule has 0 spiro atoms. The molecule has 170 valence electrons. The van der Waals surface area contributed by atoms with Crippen molar-refractivity contribution < 1.29 is 56.8 Å². The van der Waals surface area contributed by atoms with Crippen LogP contribution in [0.25, 0.3) is 11.2 Å². The zero-order chi connectivity index (χ0) is 23.2. The minimum absolute atomic E-state index is 0.0674. The minimum atomic E-state index is -5.51. The Morgan fingerprint density at radius 3 is 2.55 bits per heavy atom. The summed E-state index contributed by atoms with van der Waals surface area (Å²) in [6.45, 7) is -0.769. The first-order chi connectivity index (χ1) is 14.2. The third kappa shape index (κ3) is 5.83. The maximum Gasteiger partial charge on any atom is 0.518 e. The predicted octanol–water partition coefficient (Wildman–Crippen LogP) is -1.89. The lowest BCUT2D eigenvalue weighted by molar-refractivity contribution is -0.0489. The second kappa shape index (κ2) is 8.69. The third-order valence-corrected chi connectivity index (χ3v) is 7.81. The van der Waals surface area contributed by atoms with Crippen LogP contribution >= 0.6 is 23.5 Å². The van der Waals surface area contributed by atoms with Gasteiger partial charge in [0.2, 0.25) is 0 Å². The van der Waals surface area contributed by atoms with Gasteiger partial charge < -0.3 is 30.5 Å². The van der Waals surface area contributed by atoms with Gasteiger partial charge in [0.15, 0.2) is 17.7 Å². The van der Waals surface area contributed by atoms with E-state index in [1.807, 2.05) is 0 Å². The van der Waals surface area contributed by atoms with Crippen LogP contribution in [0.1, 0.15) is 6.23 Å². The second-order valence-corrected chi connectivity index (χ2v) is 10.7. The number of ether oxygens (including phenoxy) is 1. The fraction of sp³-hybridized carbons (Fsp3) is 0.500. The normalized spacial score (nSPS) is 28.5. The quantitative estimate of drug-likeness (QED) is 0.154. The molecule has 21 heteroatoms. The van der Waals surface area contributed by atoms with Crippen LogP contribution in [0.15, 0.2) is 12.7 Å². The highest BCUT2D eigenvalue weighted by molar-refractivity contribution is 7.89. The molecule has 2 aromatic heterocycles. The molecule has 3 rings (SSSR count). The van der Waals surface area contributed by atoms with Crippen molar-refractivity contribution in [3.05, 3.63) is 12.7 Å². The van der Waals surface area contributed by atoms with Gasteiger partial charge in [-0.2, -0.15) is 8.83 Å². The number of fused-ring (bicyclic) bond motifs is 1. The summed E-state index contributed by atoms with van der Waals surface area (Å²) in [6.07, 6.45) is -3.30. The summed E-state index contributed by atoms with van der Waals surface area (Å²) in [6, 6.07) is 0. The number of aliphatic hydroxyl groups is 2. The lowest BCUT2D eigenvalue weighted by Gasteiger charge is -2.19. The molecule has 2 radical (unpaired) electrons. The number of nitrogen functional groups attached to an aromatic ring is 1. The highest BCUT2D eigenvalue weighted by Crippen LogP contribution is 2.69. The number of nitrogens with two attached hydrogens (primary N) is 1. The smallest absolute Gasteiger partial charge is 0.387 e. The van der Waals surface area contributed by atoms with Crippen LogP contribution in [0.4, 0.5) is 5.82 Å². The molecule has 3 unspecified atom stereocenters. The van der Waals surface area contributed by atoms with Gasteiger partial charge in [0.25, 0.3) is 0 Å². The molecule has 6 atom stereocenters. The lowest BCUT2D eigenvalue weighted by atomic mass is 10.1. The molecule has 0 aliphatic carbocycles. The summed E-state index contributed by atoms with van der Waals surface area (Å²) >= 11 is 0. The Hall–Kier alpha value is -1.10. The maximum absolute atomic E-state index is 11.5. The topological polar surface area (TPSA) is 262 Å². The van der Waals surface area contributed by atoms with Gasteiger partial charge in [0.05, 0.1) is 6.33 Å².